The van der Waals surface area contributed by atoms with Crippen molar-refractivity contribution in [2.45, 2.75) is 17.7 Å². The predicted molar refractivity (Wildman–Crippen MR) is 72.5 cm³/mol. The van der Waals surface area contributed by atoms with Crippen molar-refractivity contribution in [2.24, 2.45) is 11.1 Å². The number of sulfonamides is 1. The van der Waals surface area contributed by atoms with Gasteiger partial charge in [0.1, 0.15) is 9.92 Å². The maximum Gasteiger partial charge on any atom is 0.338 e. The van der Waals surface area contributed by atoms with Crippen LogP contribution in [0, 0.1) is 16.0 Å². The van der Waals surface area contributed by atoms with Crippen molar-refractivity contribution in [2.75, 3.05) is 6.61 Å². The molecule has 0 atom stereocenters. The third kappa shape index (κ3) is 3.69. The van der Waals surface area contributed by atoms with Gasteiger partial charge in [-0.15, -0.1) is 0 Å². The minimum atomic E-state index is -4.31. The van der Waals surface area contributed by atoms with Crippen molar-refractivity contribution in [3.63, 3.8) is 0 Å². The van der Waals surface area contributed by atoms with Crippen LogP contribution in [0.5, 0.6) is 0 Å². The Kier molecular flexibility index (Phi) is 4.17. The summed E-state index contributed by atoms with van der Waals surface area (Å²) in [5.41, 5.74) is -1.00. The van der Waals surface area contributed by atoms with E-state index in [-0.39, 0.29) is 12.2 Å². The number of ether oxygens (including phenoxy) is 1. The van der Waals surface area contributed by atoms with E-state index >= 15 is 0 Å². The number of rotatable bonds is 5. The van der Waals surface area contributed by atoms with E-state index in [4.69, 9.17) is 21.5 Å². The first-order chi connectivity index (χ1) is 9.70. The number of nitrogens with zero attached hydrogens (tertiary/aromatic N) is 1. The van der Waals surface area contributed by atoms with Gasteiger partial charge in [-0.05, 0) is 24.8 Å². The molecule has 1 aromatic carbocycles. The van der Waals surface area contributed by atoms with Crippen LogP contribution >= 0.6 is 11.6 Å². The number of carbonyl (C=O) groups is 1. The number of nitro groups is 1. The molecular weight excluding hydrogens is 324 g/mol. The molecule has 0 saturated heterocycles. The molecule has 2 N–H and O–H groups in total. The van der Waals surface area contributed by atoms with Gasteiger partial charge in [-0.3, -0.25) is 10.1 Å². The molecule has 0 aromatic heterocycles. The number of primary sulfonamides is 1. The van der Waals surface area contributed by atoms with Gasteiger partial charge in [0, 0.05) is 6.07 Å². The fraction of sp³-hybridized carbons (Fsp3) is 0.364. The van der Waals surface area contributed by atoms with Crippen molar-refractivity contribution in [1.29, 1.82) is 0 Å². The highest BCUT2D eigenvalue weighted by Gasteiger charge is 2.28. The Balaban J connectivity index is 2.43. The van der Waals surface area contributed by atoms with E-state index in [0.29, 0.717) is 5.92 Å². The zero-order chi connectivity index (χ0) is 15.8. The summed E-state index contributed by atoms with van der Waals surface area (Å²) in [4.78, 5) is 21.1. The number of benzene rings is 1. The van der Waals surface area contributed by atoms with Gasteiger partial charge >= 0.3 is 5.97 Å². The highest BCUT2D eigenvalue weighted by atomic mass is 35.5. The van der Waals surface area contributed by atoms with Gasteiger partial charge in [0.05, 0.1) is 17.1 Å². The van der Waals surface area contributed by atoms with Crippen molar-refractivity contribution in [3.8, 4) is 0 Å². The van der Waals surface area contributed by atoms with Gasteiger partial charge in [0.15, 0.2) is 0 Å². The summed E-state index contributed by atoms with van der Waals surface area (Å²) in [6.07, 6.45) is 1.91. The fourth-order valence-electron chi connectivity index (χ4n) is 1.60. The predicted octanol–water partition coefficient (Wildman–Crippen LogP) is 1.46. The third-order valence-electron chi connectivity index (χ3n) is 2.91. The number of hydrogen-bond donors (Lipinski definition) is 1. The van der Waals surface area contributed by atoms with Crippen LogP contribution in [0.2, 0.25) is 5.02 Å². The zero-order valence-corrected chi connectivity index (χ0v) is 12.2. The van der Waals surface area contributed by atoms with E-state index < -0.39 is 36.5 Å². The molecule has 0 radical (unpaired) electrons. The second-order valence-electron chi connectivity index (χ2n) is 4.65. The maximum absolute atomic E-state index is 11.8. The van der Waals surface area contributed by atoms with Crippen LogP contribution < -0.4 is 5.14 Å². The first kappa shape index (κ1) is 15.7. The van der Waals surface area contributed by atoms with Gasteiger partial charge in [0.2, 0.25) is 10.0 Å². The van der Waals surface area contributed by atoms with Crippen LogP contribution in [0.25, 0.3) is 0 Å². The summed E-state index contributed by atoms with van der Waals surface area (Å²) in [7, 11) is -4.31. The number of nitrogens with two attached hydrogens (primary N) is 1. The molecule has 0 bridgehead atoms. The Morgan fingerprint density at radius 2 is 2.10 bits per heavy atom. The Morgan fingerprint density at radius 3 is 2.57 bits per heavy atom. The molecule has 1 aliphatic carbocycles. The van der Waals surface area contributed by atoms with E-state index in [1.165, 1.54) is 0 Å². The normalized spacial score (nSPS) is 14.8. The molecule has 0 spiro atoms. The van der Waals surface area contributed by atoms with Crippen molar-refractivity contribution < 1.29 is 22.9 Å². The molecule has 0 aliphatic heterocycles. The summed E-state index contributed by atoms with van der Waals surface area (Å²) < 4.78 is 27.8. The summed E-state index contributed by atoms with van der Waals surface area (Å²) >= 11 is 5.65. The lowest BCUT2D eigenvalue weighted by Gasteiger charge is -2.07. The third-order valence-corrected chi connectivity index (χ3v) is 4.35. The molecule has 1 aromatic rings. The molecule has 1 aliphatic rings. The van der Waals surface area contributed by atoms with Gasteiger partial charge in [-0.25, -0.2) is 18.4 Å². The van der Waals surface area contributed by atoms with E-state index in [1.807, 2.05) is 0 Å². The molecule has 0 heterocycles. The molecule has 114 valence electrons. The second kappa shape index (κ2) is 5.58. The Morgan fingerprint density at radius 1 is 1.48 bits per heavy atom. The Labute approximate surface area is 125 Å². The Bertz CT molecular complexity index is 714. The van der Waals surface area contributed by atoms with Crippen LogP contribution in [0.4, 0.5) is 5.69 Å². The number of nitro benzene ring substituents is 1. The average Bonchev–Trinajstić information content (AvgIpc) is 3.18. The van der Waals surface area contributed by atoms with Crippen LogP contribution in [0.15, 0.2) is 17.0 Å². The quantitative estimate of drug-likeness (QED) is 0.493. The van der Waals surface area contributed by atoms with E-state index in [1.54, 1.807) is 0 Å². The first-order valence-corrected chi connectivity index (χ1v) is 7.80. The summed E-state index contributed by atoms with van der Waals surface area (Å²) in [5, 5.41) is 15.2. The molecule has 0 unspecified atom stereocenters. The topological polar surface area (TPSA) is 130 Å². The monoisotopic (exact) mass is 334 g/mol. The standard InChI is InChI=1S/C11H11ClN2O6S/c12-10-8(14(16)17)3-7(4-9(10)21(13,18)19)11(15)20-5-6-1-2-6/h3-4,6H,1-2,5H2,(H2,13,18,19). The molecule has 21 heavy (non-hydrogen) atoms. The zero-order valence-electron chi connectivity index (χ0n) is 10.6. The number of carbonyl (C=O) groups excluding carboxylic acids is 1. The van der Waals surface area contributed by atoms with Gasteiger partial charge in [-0.2, -0.15) is 0 Å². The summed E-state index contributed by atoms with van der Waals surface area (Å²) in [6.45, 7) is 0.194. The molecule has 2 rings (SSSR count). The molecule has 1 saturated carbocycles. The Hall–Kier alpha value is -1.71. The number of esters is 1. The fourth-order valence-corrected chi connectivity index (χ4v) is 2.75. The molecular formula is C11H11ClN2O6S. The van der Waals surface area contributed by atoms with E-state index in [9.17, 15) is 23.3 Å². The lowest BCUT2D eigenvalue weighted by molar-refractivity contribution is -0.384. The van der Waals surface area contributed by atoms with Crippen LogP contribution in [-0.4, -0.2) is 25.9 Å². The summed E-state index contributed by atoms with van der Waals surface area (Å²) in [5.74, 6) is -0.555. The molecule has 0 amide bonds. The van der Waals surface area contributed by atoms with Crippen molar-refractivity contribution >= 4 is 33.3 Å². The lowest BCUT2D eigenvalue weighted by Crippen LogP contribution is -2.15. The minimum Gasteiger partial charge on any atom is -0.462 e. The van der Waals surface area contributed by atoms with Crippen LogP contribution in [-0.2, 0) is 14.8 Å². The lowest BCUT2D eigenvalue weighted by atomic mass is 10.2. The van der Waals surface area contributed by atoms with Crippen molar-refractivity contribution in [3.05, 3.63) is 32.8 Å². The average molecular weight is 335 g/mol. The molecule has 10 heteroatoms. The van der Waals surface area contributed by atoms with Crippen LogP contribution in [0.1, 0.15) is 23.2 Å². The largest absolute Gasteiger partial charge is 0.462 e. The smallest absolute Gasteiger partial charge is 0.338 e. The maximum atomic E-state index is 11.8. The van der Waals surface area contributed by atoms with E-state index in [0.717, 1.165) is 25.0 Å². The summed E-state index contributed by atoms with van der Waals surface area (Å²) in [6, 6.07) is 1.74. The van der Waals surface area contributed by atoms with Crippen LogP contribution in [0.3, 0.4) is 0 Å². The van der Waals surface area contributed by atoms with Gasteiger partial charge in [-0.1, -0.05) is 11.6 Å². The SMILES string of the molecule is NS(=O)(=O)c1cc(C(=O)OCC2CC2)cc([N+](=O)[O-])c1Cl. The highest BCUT2D eigenvalue weighted by molar-refractivity contribution is 7.89. The van der Waals surface area contributed by atoms with Crippen molar-refractivity contribution in [1.82, 2.24) is 0 Å². The minimum absolute atomic E-state index is 0.194. The first-order valence-electron chi connectivity index (χ1n) is 5.88. The number of hydrogen-bond acceptors (Lipinski definition) is 6. The van der Waals surface area contributed by atoms with Gasteiger partial charge in [0.25, 0.3) is 5.69 Å². The second-order valence-corrected chi connectivity index (χ2v) is 6.56. The van der Waals surface area contributed by atoms with Gasteiger partial charge < -0.3 is 4.74 Å². The molecule has 1 fully saturated rings. The van der Waals surface area contributed by atoms with E-state index in [2.05, 4.69) is 0 Å². The number of halogens is 1. The molecule has 8 nitrogen and oxygen atoms in total. The highest BCUT2D eigenvalue weighted by Crippen LogP contribution is 2.33.